The Hall–Kier alpha value is -1.64. The Balaban J connectivity index is 2.04. The normalized spacial score (nSPS) is 18.0. The second-order valence-electron chi connectivity index (χ2n) is 7.25. The summed E-state index contributed by atoms with van der Waals surface area (Å²) in [6, 6.07) is 5.70. The van der Waals surface area contributed by atoms with Crippen LogP contribution in [0.15, 0.2) is 29.2 Å². The number of benzene rings is 1. The van der Waals surface area contributed by atoms with Gasteiger partial charge in [0.15, 0.2) is 0 Å². The summed E-state index contributed by atoms with van der Waals surface area (Å²) in [5.41, 5.74) is 5.70. The number of rotatable bonds is 4. The molecule has 25 heavy (non-hydrogen) atoms. The van der Waals surface area contributed by atoms with Crippen molar-refractivity contribution in [3.63, 3.8) is 0 Å². The molecule has 1 aromatic rings. The van der Waals surface area contributed by atoms with Crippen molar-refractivity contribution in [1.29, 1.82) is 0 Å². The van der Waals surface area contributed by atoms with Crippen LogP contribution in [0.4, 0.5) is 0 Å². The number of methoxy groups -OCH3 is 1. The molecule has 1 fully saturated rings. The van der Waals surface area contributed by atoms with Crippen LogP contribution in [0, 0.1) is 5.41 Å². The van der Waals surface area contributed by atoms with E-state index in [4.69, 9.17) is 10.5 Å². The minimum Gasteiger partial charge on any atom is -0.497 e. The van der Waals surface area contributed by atoms with Crippen molar-refractivity contribution in [1.82, 2.24) is 9.21 Å². The molecule has 1 aromatic carbocycles. The predicted molar refractivity (Wildman–Crippen MR) is 95.8 cm³/mol. The lowest BCUT2D eigenvalue weighted by molar-refractivity contribution is -0.136. The maximum Gasteiger partial charge on any atom is 0.243 e. The number of hydrogen-bond acceptors (Lipinski definition) is 5. The van der Waals surface area contributed by atoms with Crippen molar-refractivity contribution in [2.45, 2.75) is 31.7 Å². The molecule has 8 heteroatoms. The molecule has 0 radical (unpaired) electrons. The molecule has 140 valence electrons. The van der Waals surface area contributed by atoms with E-state index in [-0.39, 0.29) is 29.3 Å². The summed E-state index contributed by atoms with van der Waals surface area (Å²) in [6.07, 6.45) is 0. The maximum absolute atomic E-state index is 12.7. The number of nitrogens with two attached hydrogens (primary N) is 1. The second-order valence-corrected chi connectivity index (χ2v) is 9.19. The van der Waals surface area contributed by atoms with Crippen molar-refractivity contribution < 1.29 is 17.9 Å². The first-order valence-electron chi connectivity index (χ1n) is 8.26. The number of carbonyl (C=O) groups is 1. The first-order chi connectivity index (χ1) is 11.6. The number of ether oxygens (including phenoxy) is 1. The molecule has 0 unspecified atom stereocenters. The summed E-state index contributed by atoms with van der Waals surface area (Å²) in [7, 11) is -2.05. The van der Waals surface area contributed by atoms with E-state index in [2.05, 4.69) is 0 Å². The highest BCUT2D eigenvalue weighted by Crippen LogP contribution is 2.23. The maximum atomic E-state index is 12.7. The van der Waals surface area contributed by atoms with E-state index in [1.54, 1.807) is 17.0 Å². The molecular weight excluding hydrogens is 342 g/mol. The molecule has 7 nitrogen and oxygen atoms in total. The van der Waals surface area contributed by atoms with Gasteiger partial charge in [-0.25, -0.2) is 8.42 Å². The fourth-order valence-electron chi connectivity index (χ4n) is 2.61. The highest BCUT2D eigenvalue weighted by atomic mass is 32.2. The molecule has 0 spiro atoms. The Morgan fingerprint density at radius 1 is 1.12 bits per heavy atom. The number of piperazine rings is 1. The van der Waals surface area contributed by atoms with Gasteiger partial charge in [-0.05, 0) is 29.7 Å². The van der Waals surface area contributed by atoms with Crippen LogP contribution < -0.4 is 10.5 Å². The average Bonchev–Trinajstić information content (AvgIpc) is 2.59. The Morgan fingerprint density at radius 3 is 2.08 bits per heavy atom. The molecule has 1 aliphatic heterocycles. The van der Waals surface area contributed by atoms with Gasteiger partial charge in [-0.2, -0.15) is 4.31 Å². The van der Waals surface area contributed by atoms with Gasteiger partial charge in [-0.15, -0.1) is 0 Å². The van der Waals surface area contributed by atoms with Gasteiger partial charge in [0.05, 0.1) is 18.0 Å². The van der Waals surface area contributed by atoms with Crippen molar-refractivity contribution in [2.24, 2.45) is 11.1 Å². The number of sulfonamides is 1. The highest BCUT2D eigenvalue weighted by molar-refractivity contribution is 7.89. The Labute approximate surface area is 149 Å². The van der Waals surface area contributed by atoms with E-state index in [0.29, 0.717) is 18.8 Å². The zero-order valence-corrected chi connectivity index (χ0v) is 16.0. The zero-order valence-electron chi connectivity index (χ0n) is 15.2. The van der Waals surface area contributed by atoms with Crippen LogP contribution in [0.25, 0.3) is 0 Å². The Kier molecular flexibility index (Phi) is 5.75. The Morgan fingerprint density at radius 2 is 1.64 bits per heavy atom. The minimum absolute atomic E-state index is 0.131. The van der Waals surface area contributed by atoms with Crippen molar-refractivity contribution in [2.75, 3.05) is 33.3 Å². The molecule has 1 atom stereocenters. The third-order valence-corrected chi connectivity index (χ3v) is 6.36. The molecule has 0 bridgehead atoms. The van der Waals surface area contributed by atoms with Crippen LogP contribution in [0.5, 0.6) is 5.75 Å². The molecule has 2 rings (SSSR count). The molecule has 0 aliphatic carbocycles. The second kappa shape index (κ2) is 7.31. The van der Waals surface area contributed by atoms with E-state index in [9.17, 15) is 13.2 Å². The van der Waals surface area contributed by atoms with Gasteiger partial charge < -0.3 is 15.4 Å². The summed E-state index contributed by atoms with van der Waals surface area (Å²) >= 11 is 0. The van der Waals surface area contributed by atoms with E-state index < -0.39 is 16.1 Å². The highest BCUT2D eigenvalue weighted by Gasteiger charge is 2.35. The van der Waals surface area contributed by atoms with Crippen LogP contribution in [-0.4, -0.2) is 62.9 Å². The van der Waals surface area contributed by atoms with Crippen LogP contribution in [-0.2, 0) is 14.8 Å². The van der Waals surface area contributed by atoms with Gasteiger partial charge in [0.25, 0.3) is 0 Å². The van der Waals surface area contributed by atoms with Crippen molar-refractivity contribution in [3.05, 3.63) is 24.3 Å². The van der Waals surface area contributed by atoms with Gasteiger partial charge in [-0.1, -0.05) is 20.8 Å². The first kappa shape index (κ1) is 19.7. The third-order valence-electron chi connectivity index (χ3n) is 4.45. The summed E-state index contributed by atoms with van der Waals surface area (Å²) in [5, 5.41) is 0. The number of nitrogens with zero attached hydrogens (tertiary/aromatic N) is 2. The topological polar surface area (TPSA) is 92.9 Å². The number of hydrogen-bond donors (Lipinski definition) is 1. The molecule has 0 aromatic heterocycles. The lowest BCUT2D eigenvalue weighted by Crippen LogP contribution is -2.56. The first-order valence-corrected chi connectivity index (χ1v) is 9.70. The minimum atomic E-state index is -3.58. The fourth-order valence-corrected chi connectivity index (χ4v) is 4.03. The summed E-state index contributed by atoms with van der Waals surface area (Å²) in [4.78, 5) is 14.3. The molecule has 0 saturated carbocycles. The monoisotopic (exact) mass is 369 g/mol. The van der Waals surface area contributed by atoms with Gasteiger partial charge in [0.1, 0.15) is 5.75 Å². The summed E-state index contributed by atoms with van der Waals surface area (Å²) in [5.74, 6) is 0.472. The van der Waals surface area contributed by atoms with Gasteiger partial charge in [-0.3, -0.25) is 4.79 Å². The van der Waals surface area contributed by atoms with Gasteiger partial charge in [0, 0.05) is 26.2 Å². The third kappa shape index (κ3) is 4.31. The predicted octanol–water partition coefficient (Wildman–Crippen LogP) is 0.902. The number of amides is 1. The molecule has 1 amide bonds. The van der Waals surface area contributed by atoms with Crippen molar-refractivity contribution in [3.8, 4) is 5.75 Å². The average molecular weight is 369 g/mol. The van der Waals surface area contributed by atoms with Crippen molar-refractivity contribution >= 4 is 15.9 Å². The lowest BCUT2D eigenvalue weighted by atomic mass is 9.86. The molecular formula is C17H27N3O4S. The van der Waals surface area contributed by atoms with Gasteiger partial charge in [0.2, 0.25) is 15.9 Å². The molecule has 1 aliphatic rings. The SMILES string of the molecule is COc1ccc(S(=O)(=O)N2CCN(C(=O)[C@@H](N)C(C)(C)C)CC2)cc1. The van der Waals surface area contributed by atoms with Crippen LogP contribution in [0.1, 0.15) is 20.8 Å². The standard InChI is InChI=1S/C17H27N3O4S/c1-17(2,3)15(18)16(21)19-9-11-20(12-10-19)25(22,23)14-7-5-13(24-4)6-8-14/h5-8,15H,9-12,18H2,1-4H3/t15-/m1/s1. The van der Waals surface area contributed by atoms with Crippen LogP contribution >= 0.6 is 0 Å². The Bertz CT molecular complexity index is 702. The van der Waals surface area contributed by atoms with Crippen LogP contribution in [0.2, 0.25) is 0 Å². The van der Waals surface area contributed by atoms with E-state index in [1.807, 2.05) is 20.8 Å². The smallest absolute Gasteiger partial charge is 0.243 e. The van der Waals surface area contributed by atoms with E-state index in [1.165, 1.54) is 23.5 Å². The summed E-state index contributed by atoms with van der Waals surface area (Å²) < 4.78 is 31.9. The van der Waals surface area contributed by atoms with Crippen LogP contribution in [0.3, 0.4) is 0 Å². The largest absolute Gasteiger partial charge is 0.497 e. The number of carbonyl (C=O) groups excluding carboxylic acids is 1. The molecule has 1 heterocycles. The fraction of sp³-hybridized carbons (Fsp3) is 0.588. The zero-order chi connectivity index (χ0) is 18.8. The van der Waals surface area contributed by atoms with Gasteiger partial charge >= 0.3 is 0 Å². The quantitative estimate of drug-likeness (QED) is 0.851. The van der Waals surface area contributed by atoms with E-state index in [0.717, 1.165) is 0 Å². The lowest BCUT2D eigenvalue weighted by Gasteiger charge is -2.37. The van der Waals surface area contributed by atoms with E-state index >= 15 is 0 Å². The molecule has 1 saturated heterocycles. The molecule has 2 N–H and O–H groups in total. The summed E-state index contributed by atoms with van der Waals surface area (Å²) in [6.45, 7) is 6.96.